The Labute approximate surface area is 142 Å². The van der Waals surface area contributed by atoms with Gasteiger partial charge in [0.25, 0.3) is 0 Å². The Balaban J connectivity index is 1.58. The molecule has 0 radical (unpaired) electrons. The maximum absolute atomic E-state index is 11.8. The van der Waals surface area contributed by atoms with Gasteiger partial charge in [0.1, 0.15) is 0 Å². The van der Waals surface area contributed by atoms with Crippen LogP contribution in [0.1, 0.15) is 62.9 Å². The summed E-state index contributed by atoms with van der Waals surface area (Å²) in [5, 5.41) is 11.5. The molecule has 128 valence electrons. The number of anilines is 1. The van der Waals surface area contributed by atoms with Crippen molar-refractivity contribution in [1.29, 1.82) is 0 Å². The van der Waals surface area contributed by atoms with Gasteiger partial charge in [0.05, 0.1) is 6.54 Å². The summed E-state index contributed by atoms with van der Waals surface area (Å²) < 4.78 is 5.60. The van der Waals surface area contributed by atoms with Crippen LogP contribution in [0.3, 0.4) is 0 Å². The maximum atomic E-state index is 11.8. The average molecular weight is 328 g/mol. The topological polar surface area (TPSA) is 71.3 Å². The molecule has 1 N–H and O–H groups in total. The normalized spacial score (nSPS) is 16.2. The van der Waals surface area contributed by atoms with Gasteiger partial charge < -0.3 is 14.6 Å². The van der Waals surface area contributed by atoms with E-state index < -0.39 is 0 Å². The van der Waals surface area contributed by atoms with Gasteiger partial charge in [0, 0.05) is 30.6 Å². The van der Waals surface area contributed by atoms with Gasteiger partial charge in [-0.2, -0.15) is 0 Å². The van der Waals surface area contributed by atoms with Gasteiger partial charge >= 0.3 is 0 Å². The molecule has 1 aromatic heterocycles. The van der Waals surface area contributed by atoms with Crippen molar-refractivity contribution in [3.63, 3.8) is 0 Å². The van der Waals surface area contributed by atoms with Gasteiger partial charge in [-0.25, -0.2) is 0 Å². The third-order valence-corrected chi connectivity index (χ3v) is 4.31. The summed E-state index contributed by atoms with van der Waals surface area (Å²) >= 11 is 0. The highest BCUT2D eigenvalue weighted by Crippen LogP contribution is 2.23. The van der Waals surface area contributed by atoms with Crippen LogP contribution in [-0.2, 0) is 11.3 Å². The molecule has 6 heteroatoms. The van der Waals surface area contributed by atoms with Gasteiger partial charge in [0.15, 0.2) is 0 Å². The van der Waals surface area contributed by atoms with Gasteiger partial charge in [-0.1, -0.05) is 26.0 Å². The molecule has 1 amide bonds. The number of carbonyl (C=O) groups is 1. The molecule has 1 aliphatic rings. The number of nitrogens with one attached hydrogen (secondary N) is 1. The van der Waals surface area contributed by atoms with Gasteiger partial charge in [-0.05, 0) is 31.0 Å². The minimum absolute atomic E-state index is 0.155. The average Bonchev–Trinajstić information content (AvgIpc) is 3.22. The third-order valence-electron chi connectivity index (χ3n) is 4.31. The fourth-order valence-electron chi connectivity index (χ4n) is 2.79. The molecule has 6 nitrogen and oxygen atoms in total. The van der Waals surface area contributed by atoms with E-state index in [4.69, 9.17) is 4.42 Å². The lowest BCUT2D eigenvalue weighted by molar-refractivity contribution is -0.117. The van der Waals surface area contributed by atoms with Gasteiger partial charge in [-0.15, -0.1) is 10.2 Å². The molecule has 0 saturated carbocycles. The molecular formula is C18H24N4O2. The van der Waals surface area contributed by atoms with Crippen molar-refractivity contribution < 1.29 is 9.21 Å². The summed E-state index contributed by atoms with van der Waals surface area (Å²) in [6.45, 7) is 7.50. The third kappa shape index (κ3) is 3.64. The minimum Gasteiger partial charge on any atom is -0.424 e. The van der Waals surface area contributed by atoms with Crippen molar-refractivity contribution in [1.82, 2.24) is 15.5 Å². The lowest BCUT2D eigenvalue weighted by Gasteiger charge is -2.18. The van der Waals surface area contributed by atoms with Crippen LogP contribution in [0, 0.1) is 0 Å². The van der Waals surface area contributed by atoms with Crippen LogP contribution >= 0.6 is 0 Å². The molecule has 0 aliphatic carbocycles. The number of aromatic nitrogens is 2. The first-order chi connectivity index (χ1) is 11.5. The predicted molar refractivity (Wildman–Crippen MR) is 91.7 cm³/mol. The number of hydrogen-bond donors (Lipinski definition) is 1. The Morgan fingerprint density at radius 1 is 1.21 bits per heavy atom. The Bertz CT molecular complexity index is 693. The van der Waals surface area contributed by atoms with Crippen molar-refractivity contribution in [2.24, 2.45) is 0 Å². The fraction of sp³-hybridized carbons (Fsp3) is 0.500. The molecule has 2 heterocycles. The van der Waals surface area contributed by atoms with Crippen LogP contribution in [0.4, 0.5) is 5.69 Å². The van der Waals surface area contributed by atoms with Crippen LogP contribution in [-0.4, -0.2) is 22.6 Å². The van der Waals surface area contributed by atoms with E-state index in [0.29, 0.717) is 24.7 Å². The van der Waals surface area contributed by atoms with Crippen LogP contribution in [0.2, 0.25) is 0 Å². The van der Waals surface area contributed by atoms with Crippen LogP contribution in [0.5, 0.6) is 0 Å². The second-order valence-electron chi connectivity index (χ2n) is 6.53. The van der Waals surface area contributed by atoms with E-state index >= 15 is 0 Å². The van der Waals surface area contributed by atoms with Crippen molar-refractivity contribution in [2.45, 2.75) is 52.1 Å². The molecule has 1 aromatic carbocycles. The summed E-state index contributed by atoms with van der Waals surface area (Å²) in [5.41, 5.74) is 2.14. The fourth-order valence-corrected chi connectivity index (χ4v) is 2.79. The zero-order valence-electron chi connectivity index (χ0n) is 14.5. The second-order valence-corrected chi connectivity index (χ2v) is 6.53. The molecule has 0 spiro atoms. The predicted octanol–water partition coefficient (Wildman–Crippen LogP) is 3.17. The summed E-state index contributed by atoms with van der Waals surface area (Å²) in [4.78, 5) is 13.6. The minimum atomic E-state index is 0.155. The van der Waals surface area contributed by atoms with E-state index in [2.05, 4.69) is 34.6 Å². The summed E-state index contributed by atoms with van der Waals surface area (Å²) in [6.07, 6.45) is 1.60. The molecule has 0 unspecified atom stereocenters. The number of benzene rings is 1. The van der Waals surface area contributed by atoms with Crippen LogP contribution < -0.4 is 10.2 Å². The highest BCUT2D eigenvalue weighted by Gasteiger charge is 2.21. The monoisotopic (exact) mass is 328 g/mol. The zero-order valence-corrected chi connectivity index (χ0v) is 14.5. The summed E-state index contributed by atoms with van der Waals surface area (Å²) in [6, 6.07) is 8.31. The van der Waals surface area contributed by atoms with Crippen LogP contribution in [0.25, 0.3) is 0 Å². The number of amides is 1. The Morgan fingerprint density at radius 3 is 2.54 bits per heavy atom. The summed E-state index contributed by atoms with van der Waals surface area (Å²) in [7, 11) is 0. The first kappa shape index (κ1) is 16.6. The van der Waals surface area contributed by atoms with Gasteiger partial charge in [0.2, 0.25) is 17.7 Å². The number of carbonyl (C=O) groups excluding carboxylic acids is 1. The van der Waals surface area contributed by atoms with Crippen molar-refractivity contribution in [3.8, 4) is 0 Å². The standard InChI is InChI=1S/C18H24N4O2/c1-12(2)18-21-20-16(24-18)11-19-13(3)14-6-8-15(9-7-14)22-10-4-5-17(22)23/h6-9,12-13,19H,4-5,10-11H2,1-3H3/t13-/m1/s1. The van der Waals surface area contributed by atoms with E-state index in [1.165, 1.54) is 0 Å². The van der Waals surface area contributed by atoms with Crippen molar-refractivity contribution in [2.75, 3.05) is 11.4 Å². The summed E-state index contributed by atoms with van der Waals surface area (Å²) in [5.74, 6) is 1.72. The molecule has 1 saturated heterocycles. The van der Waals surface area contributed by atoms with Crippen molar-refractivity contribution >= 4 is 11.6 Å². The quantitative estimate of drug-likeness (QED) is 0.882. The second kappa shape index (κ2) is 7.13. The Kier molecular flexibility index (Phi) is 4.94. The highest BCUT2D eigenvalue weighted by molar-refractivity contribution is 5.95. The largest absolute Gasteiger partial charge is 0.424 e. The number of rotatable bonds is 6. The van der Waals surface area contributed by atoms with E-state index in [1.54, 1.807) is 0 Å². The molecular weight excluding hydrogens is 304 g/mol. The van der Waals surface area contributed by atoms with E-state index in [-0.39, 0.29) is 17.9 Å². The van der Waals surface area contributed by atoms with E-state index in [0.717, 1.165) is 24.2 Å². The SMILES string of the molecule is CC(C)c1nnc(CN[C@H](C)c2ccc(N3CCCC3=O)cc2)o1. The molecule has 1 aliphatic heterocycles. The lowest BCUT2D eigenvalue weighted by atomic mass is 10.1. The van der Waals surface area contributed by atoms with E-state index in [1.807, 2.05) is 30.9 Å². The van der Waals surface area contributed by atoms with Crippen molar-refractivity contribution in [3.05, 3.63) is 41.6 Å². The van der Waals surface area contributed by atoms with Crippen LogP contribution in [0.15, 0.2) is 28.7 Å². The Hall–Kier alpha value is -2.21. The Morgan fingerprint density at radius 2 is 1.96 bits per heavy atom. The first-order valence-electron chi connectivity index (χ1n) is 8.50. The molecule has 1 fully saturated rings. The highest BCUT2D eigenvalue weighted by atomic mass is 16.4. The number of nitrogens with zero attached hydrogens (tertiary/aromatic N) is 3. The number of hydrogen-bond acceptors (Lipinski definition) is 5. The molecule has 24 heavy (non-hydrogen) atoms. The molecule has 1 atom stereocenters. The zero-order chi connectivity index (χ0) is 17.1. The smallest absolute Gasteiger partial charge is 0.230 e. The maximum Gasteiger partial charge on any atom is 0.230 e. The van der Waals surface area contributed by atoms with E-state index in [9.17, 15) is 4.79 Å². The van der Waals surface area contributed by atoms with Gasteiger partial charge in [-0.3, -0.25) is 4.79 Å². The molecule has 3 rings (SSSR count). The lowest BCUT2D eigenvalue weighted by Crippen LogP contribution is -2.23. The molecule has 2 aromatic rings. The first-order valence-corrected chi connectivity index (χ1v) is 8.50. The molecule has 0 bridgehead atoms.